The quantitative estimate of drug-likeness (QED) is 0.478. The fourth-order valence-electron chi connectivity index (χ4n) is 3.93. The first kappa shape index (κ1) is 20.6. The van der Waals surface area contributed by atoms with Gasteiger partial charge in [0.1, 0.15) is 10.5 Å². The van der Waals surface area contributed by atoms with Crippen LogP contribution < -0.4 is 10.1 Å². The van der Waals surface area contributed by atoms with Gasteiger partial charge in [0.15, 0.2) is 23.0 Å². The molecule has 2 aliphatic carbocycles. The number of nitrogens with one attached hydrogen (secondary N) is 1. The van der Waals surface area contributed by atoms with Crippen LogP contribution in [0.15, 0.2) is 21.1 Å². The summed E-state index contributed by atoms with van der Waals surface area (Å²) in [6, 6.07) is 3.45. The molecule has 0 unspecified atom stereocenters. The van der Waals surface area contributed by atoms with Crippen molar-refractivity contribution in [3.63, 3.8) is 0 Å². The van der Waals surface area contributed by atoms with E-state index in [1.807, 2.05) is 13.0 Å². The fraction of sp³-hybridized carbons (Fsp3) is 0.500. The lowest BCUT2D eigenvalue weighted by molar-refractivity contribution is -0.119. The number of fused-ring (bicyclic) bond motifs is 1. The van der Waals surface area contributed by atoms with Crippen molar-refractivity contribution in [1.82, 2.24) is 15.5 Å². The maximum Gasteiger partial charge on any atom is 0.217 e. The number of carbonyl (C=O) groups excluding carboxylic acids is 1. The maximum atomic E-state index is 11.2. The van der Waals surface area contributed by atoms with Crippen LogP contribution in [-0.2, 0) is 4.79 Å². The number of nitrogens with zero attached hydrogens (tertiary/aromatic N) is 2. The Hall–Kier alpha value is -2.25. The Labute approximate surface area is 189 Å². The van der Waals surface area contributed by atoms with E-state index in [0.717, 1.165) is 18.5 Å². The zero-order valence-corrected chi connectivity index (χ0v) is 18.8. The third-order valence-corrected chi connectivity index (χ3v) is 6.63. The molecule has 9 heteroatoms. The summed E-state index contributed by atoms with van der Waals surface area (Å²) >= 11 is 12.9. The minimum atomic E-state index is -0.213. The number of benzene rings is 1. The number of carbonyl (C=O) groups is 1. The summed E-state index contributed by atoms with van der Waals surface area (Å²) < 4.78 is 17.3. The van der Waals surface area contributed by atoms with E-state index in [1.165, 1.54) is 19.8 Å². The van der Waals surface area contributed by atoms with Crippen molar-refractivity contribution in [1.29, 1.82) is 0 Å². The van der Waals surface area contributed by atoms with E-state index in [4.69, 9.17) is 36.9 Å². The molecular formula is C22H23Cl2N3O4. The lowest BCUT2D eigenvalue weighted by atomic mass is 9.73. The summed E-state index contributed by atoms with van der Waals surface area (Å²) in [5, 5.41) is 7.81. The second-order valence-electron chi connectivity index (χ2n) is 8.60. The first-order valence-electron chi connectivity index (χ1n) is 10.5. The van der Waals surface area contributed by atoms with Crippen molar-refractivity contribution >= 4 is 40.2 Å². The van der Waals surface area contributed by atoms with Crippen molar-refractivity contribution < 1.29 is 18.5 Å². The number of amides is 1. The third-order valence-electron chi connectivity index (χ3n) is 6.01. The molecule has 0 bridgehead atoms. The molecule has 0 saturated heterocycles. The highest BCUT2D eigenvalue weighted by Gasteiger charge is 2.37. The van der Waals surface area contributed by atoms with Crippen molar-refractivity contribution in [2.24, 2.45) is 5.92 Å². The molecular weight excluding hydrogens is 441 g/mol. The van der Waals surface area contributed by atoms with E-state index in [1.54, 1.807) is 6.07 Å². The lowest BCUT2D eigenvalue weighted by Gasteiger charge is -2.31. The second kappa shape index (κ2) is 8.02. The van der Waals surface area contributed by atoms with E-state index >= 15 is 0 Å². The molecule has 0 aliphatic heterocycles. The monoisotopic (exact) mass is 463 g/mol. The molecule has 0 spiro atoms. The molecule has 31 heavy (non-hydrogen) atoms. The summed E-state index contributed by atoms with van der Waals surface area (Å²) in [7, 11) is 0. The second-order valence-corrected chi connectivity index (χ2v) is 9.38. The Kier molecular flexibility index (Phi) is 5.34. The van der Waals surface area contributed by atoms with Gasteiger partial charge in [-0.3, -0.25) is 4.79 Å². The van der Waals surface area contributed by atoms with E-state index in [2.05, 4.69) is 15.5 Å². The van der Waals surface area contributed by atoms with E-state index in [9.17, 15) is 4.79 Å². The van der Waals surface area contributed by atoms with Crippen LogP contribution in [0.25, 0.3) is 11.1 Å². The molecule has 5 rings (SSSR count). The van der Waals surface area contributed by atoms with Crippen LogP contribution in [0.1, 0.15) is 74.8 Å². The normalized spacial score (nSPS) is 21.7. The average molecular weight is 464 g/mol. The molecule has 2 fully saturated rings. The Balaban J connectivity index is 1.28. The Morgan fingerprint density at radius 2 is 2.06 bits per heavy atom. The van der Waals surface area contributed by atoms with Crippen LogP contribution in [0, 0.1) is 5.92 Å². The lowest BCUT2D eigenvalue weighted by Crippen LogP contribution is -2.23. The Morgan fingerprint density at radius 1 is 1.29 bits per heavy atom. The van der Waals surface area contributed by atoms with Crippen molar-refractivity contribution in [2.45, 2.75) is 57.4 Å². The predicted octanol–water partition coefficient (Wildman–Crippen LogP) is 5.77. The number of hydrogen-bond acceptors (Lipinski definition) is 6. The summed E-state index contributed by atoms with van der Waals surface area (Å²) in [6.07, 6.45) is 4.07. The van der Waals surface area contributed by atoms with Gasteiger partial charge in [-0.25, -0.2) is 4.98 Å². The highest BCUT2D eigenvalue weighted by Crippen LogP contribution is 2.49. The maximum absolute atomic E-state index is 11.2. The first-order valence-corrected chi connectivity index (χ1v) is 11.3. The smallest absolute Gasteiger partial charge is 0.217 e. The molecule has 2 aromatic heterocycles. The van der Waals surface area contributed by atoms with Gasteiger partial charge in [-0.2, -0.15) is 0 Å². The van der Waals surface area contributed by atoms with E-state index in [0.29, 0.717) is 51.1 Å². The van der Waals surface area contributed by atoms with Crippen LogP contribution in [-0.4, -0.2) is 22.7 Å². The van der Waals surface area contributed by atoms with Crippen LogP contribution >= 0.6 is 23.2 Å². The van der Waals surface area contributed by atoms with Gasteiger partial charge >= 0.3 is 0 Å². The van der Waals surface area contributed by atoms with Crippen LogP contribution in [0.2, 0.25) is 10.0 Å². The molecule has 1 atom stereocenters. The molecule has 1 aromatic carbocycles. The van der Waals surface area contributed by atoms with Gasteiger partial charge in [0.2, 0.25) is 5.91 Å². The molecule has 1 amide bonds. The molecule has 1 N–H and O–H groups in total. The average Bonchev–Trinajstić information content (AvgIpc) is 3.20. The number of oxazole rings is 1. The van der Waals surface area contributed by atoms with Gasteiger partial charge in [-0.15, -0.1) is 0 Å². The van der Waals surface area contributed by atoms with Gasteiger partial charge in [-0.05, 0) is 44.6 Å². The molecule has 0 radical (unpaired) electrons. The molecule has 2 saturated carbocycles. The summed E-state index contributed by atoms with van der Waals surface area (Å²) in [4.78, 5) is 15.8. The number of hydrogen-bond donors (Lipinski definition) is 1. The molecule has 7 nitrogen and oxygen atoms in total. The van der Waals surface area contributed by atoms with Crippen molar-refractivity contribution in [3.05, 3.63) is 39.5 Å². The molecule has 2 heterocycles. The largest absolute Gasteiger partial charge is 0.490 e. The fourth-order valence-corrected chi connectivity index (χ4v) is 4.52. The number of aromatic nitrogens is 2. The highest BCUT2D eigenvalue weighted by atomic mass is 35.5. The topological polar surface area (TPSA) is 90.4 Å². The Bertz CT molecular complexity index is 1130. The minimum Gasteiger partial charge on any atom is -0.490 e. The number of halogens is 2. The third kappa shape index (κ3) is 4.13. The van der Waals surface area contributed by atoms with Crippen molar-refractivity contribution in [2.75, 3.05) is 6.61 Å². The van der Waals surface area contributed by atoms with E-state index < -0.39 is 0 Å². The number of ether oxygens (including phenoxy) is 1. The molecule has 3 aromatic rings. The number of rotatable bonds is 7. The summed E-state index contributed by atoms with van der Waals surface area (Å²) in [5.41, 5.74) is 2.04. The molecule has 2 aliphatic rings. The predicted molar refractivity (Wildman–Crippen MR) is 116 cm³/mol. The Morgan fingerprint density at radius 3 is 2.77 bits per heavy atom. The zero-order chi connectivity index (χ0) is 21.7. The van der Waals surface area contributed by atoms with Gasteiger partial charge in [0.25, 0.3) is 0 Å². The van der Waals surface area contributed by atoms with Gasteiger partial charge in [0.05, 0.1) is 23.4 Å². The van der Waals surface area contributed by atoms with Gasteiger partial charge < -0.3 is 19.0 Å². The van der Waals surface area contributed by atoms with Crippen LogP contribution in [0.4, 0.5) is 0 Å². The SMILES string of the molecule is CC(=O)N[C@@H](C)c1cc(C2CC(c3nc4cc(Cl)c(OCC5CC5)c(Cl)c4o3)C2)no1. The summed E-state index contributed by atoms with van der Waals surface area (Å²) in [5.74, 6) is 2.70. The van der Waals surface area contributed by atoms with Crippen LogP contribution in [0.5, 0.6) is 5.75 Å². The van der Waals surface area contributed by atoms with Gasteiger partial charge in [0, 0.05) is 24.8 Å². The first-order chi connectivity index (χ1) is 14.9. The minimum absolute atomic E-state index is 0.107. The van der Waals surface area contributed by atoms with Crippen LogP contribution in [0.3, 0.4) is 0 Å². The summed E-state index contributed by atoms with van der Waals surface area (Å²) in [6.45, 7) is 3.97. The zero-order valence-electron chi connectivity index (χ0n) is 17.3. The van der Waals surface area contributed by atoms with Gasteiger partial charge in [-0.1, -0.05) is 28.4 Å². The molecule has 164 valence electrons. The standard InChI is InChI=1S/C22H23Cl2N3O4/c1-10(25-11(2)28)18-8-16(27-31-18)13-5-14(6-13)22-26-17-7-15(23)20(19(24)21(17)30-22)29-9-12-3-4-12/h7-8,10,12-14H,3-6,9H2,1-2H3,(H,25,28)/t10-,13?,14?/m0/s1. The van der Waals surface area contributed by atoms with Crippen molar-refractivity contribution in [3.8, 4) is 5.75 Å². The highest BCUT2D eigenvalue weighted by molar-refractivity contribution is 6.40. The van der Waals surface area contributed by atoms with E-state index in [-0.39, 0.29) is 23.8 Å².